The number of anilines is 1. The molecule has 3 heteroatoms. The maximum Gasteiger partial charge on any atom is 0.0749 e. The van der Waals surface area contributed by atoms with Crippen molar-refractivity contribution in [3.8, 4) is 0 Å². The van der Waals surface area contributed by atoms with E-state index in [0.717, 1.165) is 13.1 Å². The number of aromatic nitrogens is 2. The summed E-state index contributed by atoms with van der Waals surface area (Å²) in [5.41, 5.74) is 1.17. The first-order valence-corrected chi connectivity index (χ1v) is 3.62. The van der Waals surface area contributed by atoms with Crippen LogP contribution in [0.5, 0.6) is 0 Å². The average molecular weight is 139 g/mol. The van der Waals surface area contributed by atoms with Gasteiger partial charge in [-0.05, 0) is 13.8 Å². The molecule has 0 amide bonds. The molecule has 0 unspecified atom stereocenters. The second-order valence-corrected chi connectivity index (χ2v) is 2.13. The molecule has 1 rings (SSSR count). The fraction of sp³-hybridized carbons (Fsp3) is 0.571. The van der Waals surface area contributed by atoms with Crippen LogP contribution in [0.3, 0.4) is 0 Å². The van der Waals surface area contributed by atoms with Gasteiger partial charge in [0, 0.05) is 19.3 Å². The first kappa shape index (κ1) is 7.12. The fourth-order valence-electron chi connectivity index (χ4n) is 1.01. The summed E-state index contributed by atoms with van der Waals surface area (Å²) in [4.78, 5) is 2.24. The monoisotopic (exact) mass is 139 g/mol. The van der Waals surface area contributed by atoms with Crippen LogP contribution >= 0.6 is 0 Å². The molecule has 1 aromatic rings. The smallest absolute Gasteiger partial charge is 0.0749 e. The van der Waals surface area contributed by atoms with Crippen LogP contribution in [0.1, 0.15) is 13.8 Å². The van der Waals surface area contributed by atoms with Crippen LogP contribution in [0, 0.1) is 0 Å². The van der Waals surface area contributed by atoms with Crippen molar-refractivity contribution in [2.75, 3.05) is 18.0 Å². The van der Waals surface area contributed by atoms with Crippen molar-refractivity contribution in [2.45, 2.75) is 13.8 Å². The molecule has 0 fully saturated rings. The summed E-state index contributed by atoms with van der Waals surface area (Å²) in [6.45, 7) is 6.35. The number of hydrogen-bond donors (Lipinski definition) is 1. The molecule has 0 saturated heterocycles. The fourth-order valence-corrected chi connectivity index (χ4v) is 1.01. The van der Waals surface area contributed by atoms with Crippen molar-refractivity contribution in [1.29, 1.82) is 0 Å². The first-order chi connectivity index (χ1) is 4.88. The second-order valence-electron chi connectivity index (χ2n) is 2.13. The van der Waals surface area contributed by atoms with Crippen molar-refractivity contribution in [3.05, 3.63) is 12.4 Å². The lowest BCUT2D eigenvalue weighted by molar-refractivity contribution is 0.867. The lowest BCUT2D eigenvalue weighted by Gasteiger charge is -2.17. The van der Waals surface area contributed by atoms with E-state index in [1.807, 2.05) is 12.4 Å². The maximum absolute atomic E-state index is 3.87. The standard InChI is InChI=1S/C7H13N3/c1-3-10(4-2)7-5-8-9-6-7/h5-6H,3-4H2,1-2H3,(H,8,9). The van der Waals surface area contributed by atoms with Crippen molar-refractivity contribution < 1.29 is 0 Å². The molecule has 3 nitrogen and oxygen atoms in total. The van der Waals surface area contributed by atoms with Crippen LogP contribution in [0.2, 0.25) is 0 Å². The van der Waals surface area contributed by atoms with Crippen molar-refractivity contribution in [1.82, 2.24) is 10.2 Å². The number of nitrogens with zero attached hydrogens (tertiary/aromatic N) is 2. The summed E-state index contributed by atoms with van der Waals surface area (Å²) in [6.07, 6.45) is 3.75. The molecule has 10 heavy (non-hydrogen) atoms. The predicted molar refractivity (Wildman–Crippen MR) is 42.1 cm³/mol. The minimum absolute atomic E-state index is 1.04. The first-order valence-electron chi connectivity index (χ1n) is 3.62. The van der Waals surface area contributed by atoms with Crippen LogP contribution in [0.25, 0.3) is 0 Å². The van der Waals surface area contributed by atoms with E-state index in [2.05, 4.69) is 28.9 Å². The van der Waals surface area contributed by atoms with E-state index >= 15 is 0 Å². The highest BCUT2D eigenvalue weighted by Crippen LogP contribution is 2.08. The molecule has 0 saturated carbocycles. The third kappa shape index (κ3) is 1.29. The zero-order chi connectivity index (χ0) is 7.40. The minimum Gasteiger partial charge on any atom is -0.370 e. The number of H-pyrrole nitrogens is 1. The van der Waals surface area contributed by atoms with Gasteiger partial charge in [-0.1, -0.05) is 0 Å². The van der Waals surface area contributed by atoms with Gasteiger partial charge in [0.05, 0.1) is 11.9 Å². The Morgan fingerprint density at radius 3 is 2.60 bits per heavy atom. The molecule has 0 aromatic carbocycles. The second kappa shape index (κ2) is 3.25. The van der Waals surface area contributed by atoms with Gasteiger partial charge in [-0.15, -0.1) is 0 Å². The summed E-state index contributed by atoms with van der Waals surface area (Å²) >= 11 is 0. The Hall–Kier alpha value is -0.990. The molecule has 0 radical (unpaired) electrons. The Morgan fingerprint density at radius 1 is 1.50 bits per heavy atom. The highest BCUT2D eigenvalue weighted by molar-refractivity contribution is 5.41. The molecule has 0 spiro atoms. The highest BCUT2D eigenvalue weighted by atomic mass is 15.2. The summed E-state index contributed by atoms with van der Waals surface area (Å²) in [7, 11) is 0. The van der Waals surface area contributed by atoms with Crippen LogP contribution in [0.15, 0.2) is 12.4 Å². The quantitative estimate of drug-likeness (QED) is 0.683. The lowest BCUT2D eigenvalue weighted by atomic mass is 10.4. The Labute approximate surface area is 61.0 Å². The molecule has 0 aliphatic carbocycles. The Bertz CT molecular complexity index is 165. The summed E-state index contributed by atoms with van der Waals surface area (Å²) in [5, 5.41) is 6.66. The van der Waals surface area contributed by atoms with Gasteiger partial charge < -0.3 is 4.90 Å². The van der Waals surface area contributed by atoms with Crippen LogP contribution in [-0.4, -0.2) is 23.3 Å². The lowest BCUT2D eigenvalue weighted by Crippen LogP contribution is -2.20. The van der Waals surface area contributed by atoms with E-state index in [-0.39, 0.29) is 0 Å². The van der Waals surface area contributed by atoms with Crippen molar-refractivity contribution in [2.24, 2.45) is 0 Å². The van der Waals surface area contributed by atoms with E-state index in [1.165, 1.54) is 5.69 Å². The largest absolute Gasteiger partial charge is 0.370 e. The molecule has 56 valence electrons. The number of rotatable bonds is 3. The average Bonchev–Trinajstić information content (AvgIpc) is 2.43. The van der Waals surface area contributed by atoms with Crippen LogP contribution < -0.4 is 4.90 Å². The van der Waals surface area contributed by atoms with Gasteiger partial charge in [0.15, 0.2) is 0 Å². The van der Waals surface area contributed by atoms with Gasteiger partial charge in [-0.3, -0.25) is 5.10 Å². The van der Waals surface area contributed by atoms with Gasteiger partial charge >= 0.3 is 0 Å². The number of hydrogen-bond acceptors (Lipinski definition) is 2. The Balaban J connectivity index is 2.64. The highest BCUT2D eigenvalue weighted by Gasteiger charge is 1.99. The summed E-state index contributed by atoms with van der Waals surface area (Å²) < 4.78 is 0. The summed E-state index contributed by atoms with van der Waals surface area (Å²) in [5.74, 6) is 0. The zero-order valence-corrected chi connectivity index (χ0v) is 6.46. The van der Waals surface area contributed by atoms with E-state index in [0.29, 0.717) is 0 Å². The van der Waals surface area contributed by atoms with Gasteiger partial charge in [0.2, 0.25) is 0 Å². The molecule has 0 aliphatic heterocycles. The SMILES string of the molecule is CCN(CC)c1cn[nH]c1. The van der Waals surface area contributed by atoms with E-state index < -0.39 is 0 Å². The maximum atomic E-state index is 3.87. The third-order valence-electron chi connectivity index (χ3n) is 1.61. The molecule has 1 heterocycles. The van der Waals surface area contributed by atoms with Gasteiger partial charge in [0.1, 0.15) is 0 Å². The molecule has 1 aromatic heterocycles. The van der Waals surface area contributed by atoms with Crippen LogP contribution in [0.4, 0.5) is 5.69 Å². The van der Waals surface area contributed by atoms with Gasteiger partial charge in [-0.25, -0.2) is 0 Å². The van der Waals surface area contributed by atoms with E-state index in [4.69, 9.17) is 0 Å². The third-order valence-corrected chi connectivity index (χ3v) is 1.61. The Morgan fingerprint density at radius 2 is 2.20 bits per heavy atom. The van der Waals surface area contributed by atoms with Crippen LogP contribution in [-0.2, 0) is 0 Å². The predicted octanol–water partition coefficient (Wildman–Crippen LogP) is 1.26. The molecule has 0 bridgehead atoms. The Kier molecular flexibility index (Phi) is 2.31. The van der Waals surface area contributed by atoms with E-state index in [1.54, 1.807) is 0 Å². The number of nitrogens with one attached hydrogen (secondary N) is 1. The topological polar surface area (TPSA) is 31.9 Å². The van der Waals surface area contributed by atoms with Gasteiger partial charge in [0.25, 0.3) is 0 Å². The molecule has 1 N–H and O–H groups in total. The molecular weight excluding hydrogens is 126 g/mol. The van der Waals surface area contributed by atoms with Crippen molar-refractivity contribution >= 4 is 5.69 Å². The zero-order valence-electron chi connectivity index (χ0n) is 6.46. The summed E-state index contributed by atoms with van der Waals surface area (Å²) in [6, 6.07) is 0. The van der Waals surface area contributed by atoms with E-state index in [9.17, 15) is 0 Å². The minimum atomic E-state index is 1.04. The molecular formula is C7H13N3. The molecule has 0 aliphatic rings. The number of aromatic amines is 1. The van der Waals surface area contributed by atoms with Gasteiger partial charge in [-0.2, -0.15) is 5.10 Å². The molecule has 0 atom stereocenters. The van der Waals surface area contributed by atoms with Crippen molar-refractivity contribution in [3.63, 3.8) is 0 Å². The normalized spacial score (nSPS) is 9.80.